The zero-order valence-corrected chi connectivity index (χ0v) is 11.4. The first-order valence-corrected chi connectivity index (χ1v) is 6.85. The minimum atomic E-state index is -6.04. The standard InChI is InChI=1S/C10H18F2O5S/c1-4-5-9(2,3)6-7-17-8(13)10(11,12)18(14,15)16/h4-7H2,1-3H3,(H,14,15,16)/p-1. The Balaban J connectivity index is 4.38. The molecule has 0 aliphatic carbocycles. The summed E-state index contributed by atoms with van der Waals surface area (Å²) < 4.78 is 60.0. The van der Waals surface area contributed by atoms with E-state index in [2.05, 4.69) is 4.74 Å². The van der Waals surface area contributed by atoms with E-state index >= 15 is 0 Å². The van der Waals surface area contributed by atoms with Crippen LogP contribution in [0.25, 0.3) is 0 Å². The number of carbonyl (C=O) groups is 1. The number of rotatable bonds is 7. The molecule has 0 rings (SSSR count). The maximum atomic E-state index is 12.7. The van der Waals surface area contributed by atoms with Crippen molar-refractivity contribution < 1.29 is 31.3 Å². The molecule has 0 atom stereocenters. The molecular weight excluding hydrogens is 270 g/mol. The van der Waals surface area contributed by atoms with Crippen LogP contribution in [-0.4, -0.2) is 30.8 Å². The summed E-state index contributed by atoms with van der Waals surface area (Å²) in [5.74, 6) is -2.32. The molecule has 0 spiro atoms. The van der Waals surface area contributed by atoms with E-state index in [1.807, 2.05) is 20.8 Å². The summed E-state index contributed by atoms with van der Waals surface area (Å²) >= 11 is 0. The Labute approximate surface area is 105 Å². The maximum absolute atomic E-state index is 12.7. The van der Waals surface area contributed by atoms with Gasteiger partial charge in [0.25, 0.3) is 0 Å². The van der Waals surface area contributed by atoms with Crippen molar-refractivity contribution in [3.8, 4) is 0 Å². The molecule has 0 aliphatic rings. The van der Waals surface area contributed by atoms with Gasteiger partial charge in [-0.2, -0.15) is 8.78 Å². The van der Waals surface area contributed by atoms with Gasteiger partial charge in [-0.1, -0.05) is 27.2 Å². The smallest absolute Gasteiger partial charge is 0.428 e. The van der Waals surface area contributed by atoms with Gasteiger partial charge in [0, 0.05) is 0 Å². The van der Waals surface area contributed by atoms with E-state index in [0.29, 0.717) is 6.42 Å². The predicted octanol–water partition coefficient (Wildman–Crippen LogP) is 1.88. The van der Waals surface area contributed by atoms with Gasteiger partial charge in [0.2, 0.25) is 0 Å². The molecule has 108 valence electrons. The highest BCUT2D eigenvalue weighted by Gasteiger charge is 2.48. The SMILES string of the molecule is CCCC(C)(C)CCOC(=O)C(F)(F)S(=O)(=O)[O-]. The van der Waals surface area contributed by atoms with Gasteiger partial charge in [-0.3, -0.25) is 0 Å². The van der Waals surface area contributed by atoms with E-state index in [1.165, 1.54) is 0 Å². The topological polar surface area (TPSA) is 83.5 Å². The summed E-state index contributed by atoms with van der Waals surface area (Å²) in [7, 11) is -6.04. The lowest BCUT2D eigenvalue weighted by Crippen LogP contribution is -2.39. The van der Waals surface area contributed by atoms with Gasteiger partial charge in [0.05, 0.1) is 6.61 Å². The summed E-state index contributed by atoms with van der Waals surface area (Å²) in [6, 6.07) is 0. The van der Waals surface area contributed by atoms with Gasteiger partial charge in [-0.05, 0) is 18.3 Å². The minimum Gasteiger partial charge on any atom is -0.743 e. The number of hydrogen-bond acceptors (Lipinski definition) is 5. The van der Waals surface area contributed by atoms with Gasteiger partial charge in [0.1, 0.15) is 0 Å². The summed E-state index contributed by atoms with van der Waals surface area (Å²) in [6.07, 6.45) is 1.99. The largest absolute Gasteiger partial charge is 0.743 e. The molecule has 0 heterocycles. The molecule has 0 saturated heterocycles. The van der Waals surface area contributed by atoms with E-state index < -0.39 is 21.3 Å². The molecule has 8 heteroatoms. The monoisotopic (exact) mass is 287 g/mol. The average molecular weight is 287 g/mol. The van der Waals surface area contributed by atoms with E-state index in [0.717, 1.165) is 12.8 Å². The third kappa shape index (κ3) is 4.85. The Morgan fingerprint density at radius 2 is 1.78 bits per heavy atom. The second kappa shape index (κ2) is 5.92. The lowest BCUT2D eigenvalue weighted by molar-refractivity contribution is -0.162. The first-order valence-electron chi connectivity index (χ1n) is 5.44. The van der Waals surface area contributed by atoms with Crippen LogP contribution in [0.3, 0.4) is 0 Å². The number of carbonyl (C=O) groups excluding carboxylic acids is 1. The van der Waals surface area contributed by atoms with E-state index in [-0.39, 0.29) is 12.0 Å². The second-order valence-corrected chi connectivity index (χ2v) is 6.19. The van der Waals surface area contributed by atoms with Crippen molar-refractivity contribution >= 4 is 16.1 Å². The molecule has 0 aromatic heterocycles. The maximum Gasteiger partial charge on any atom is 0.428 e. The van der Waals surface area contributed by atoms with Crippen LogP contribution in [0.4, 0.5) is 8.78 Å². The average Bonchev–Trinajstić information content (AvgIpc) is 2.14. The fourth-order valence-electron chi connectivity index (χ4n) is 1.41. The van der Waals surface area contributed by atoms with E-state index in [1.54, 1.807) is 0 Å². The Morgan fingerprint density at radius 1 is 1.28 bits per heavy atom. The number of ether oxygens (including phenoxy) is 1. The second-order valence-electron chi connectivity index (χ2n) is 4.77. The first-order chi connectivity index (χ1) is 7.94. The molecule has 0 aliphatic heterocycles. The van der Waals surface area contributed by atoms with Crippen molar-refractivity contribution in [1.29, 1.82) is 0 Å². The molecule has 0 amide bonds. The zero-order chi connectivity index (χ0) is 14.6. The number of alkyl halides is 2. The summed E-state index contributed by atoms with van der Waals surface area (Å²) in [4.78, 5) is 10.8. The van der Waals surface area contributed by atoms with Gasteiger partial charge in [0.15, 0.2) is 10.1 Å². The van der Waals surface area contributed by atoms with Gasteiger partial charge < -0.3 is 9.29 Å². The zero-order valence-electron chi connectivity index (χ0n) is 10.5. The van der Waals surface area contributed by atoms with Crippen LogP contribution < -0.4 is 0 Å². The molecule has 0 fully saturated rings. The van der Waals surface area contributed by atoms with Gasteiger partial charge in [-0.15, -0.1) is 0 Å². The quantitative estimate of drug-likeness (QED) is 0.527. The number of halogens is 2. The van der Waals surface area contributed by atoms with Crippen LogP contribution in [-0.2, 0) is 19.6 Å². The Kier molecular flexibility index (Phi) is 5.67. The van der Waals surface area contributed by atoms with Crippen molar-refractivity contribution in [3.63, 3.8) is 0 Å². The van der Waals surface area contributed by atoms with Crippen LogP contribution in [0.15, 0.2) is 0 Å². The van der Waals surface area contributed by atoms with Crippen molar-refractivity contribution in [2.75, 3.05) is 6.61 Å². The summed E-state index contributed by atoms with van der Waals surface area (Å²) in [5.41, 5.74) is -0.208. The van der Waals surface area contributed by atoms with Crippen LogP contribution in [0.1, 0.15) is 40.0 Å². The summed E-state index contributed by atoms with van der Waals surface area (Å²) in [6.45, 7) is 5.34. The molecular formula is C10H17F2O5S-. The van der Waals surface area contributed by atoms with Gasteiger partial charge >= 0.3 is 11.2 Å². The molecule has 0 radical (unpaired) electrons. The van der Waals surface area contributed by atoms with Gasteiger partial charge in [-0.25, -0.2) is 13.2 Å². The molecule has 0 saturated carbocycles. The van der Waals surface area contributed by atoms with Crippen molar-refractivity contribution in [1.82, 2.24) is 0 Å². The fourth-order valence-corrected chi connectivity index (χ4v) is 1.67. The number of hydrogen-bond donors (Lipinski definition) is 0. The first kappa shape index (κ1) is 17.2. The lowest BCUT2D eigenvalue weighted by Gasteiger charge is -2.24. The normalized spacial score (nSPS) is 13.4. The minimum absolute atomic E-state index is 0.208. The Hall–Kier alpha value is -0.760. The van der Waals surface area contributed by atoms with Crippen LogP contribution in [0, 0.1) is 5.41 Å². The third-order valence-corrected chi connectivity index (χ3v) is 3.29. The van der Waals surface area contributed by atoms with E-state index in [9.17, 15) is 26.5 Å². The number of esters is 1. The molecule has 0 N–H and O–H groups in total. The van der Waals surface area contributed by atoms with Crippen LogP contribution in [0.2, 0.25) is 0 Å². The van der Waals surface area contributed by atoms with Crippen molar-refractivity contribution in [3.05, 3.63) is 0 Å². The molecule has 0 aromatic carbocycles. The molecule has 0 aromatic rings. The highest BCUT2D eigenvalue weighted by Crippen LogP contribution is 2.27. The van der Waals surface area contributed by atoms with Crippen molar-refractivity contribution in [2.45, 2.75) is 45.3 Å². The van der Waals surface area contributed by atoms with Crippen LogP contribution in [0.5, 0.6) is 0 Å². The summed E-state index contributed by atoms with van der Waals surface area (Å²) in [5, 5.41) is -5.03. The molecule has 0 bridgehead atoms. The fraction of sp³-hybridized carbons (Fsp3) is 0.900. The Morgan fingerprint density at radius 3 is 2.17 bits per heavy atom. The third-order valence-electron chi connectivity index (χ3n) is 2.49. The van der Waals surface area contributed by atoms with E-state index in [4.69, 9.17) is 0 Å². The lowest BCUT2D eigenvalue weighted by atomic mass is 9.85. The highest BCUT2D eigenvalue weighted by atomic mass is 32.2. The molecule has 0 unspecified atom stereocenters. The predicted molar refractivity (Wildman–Crippen MR) is 58.9 cm³/mol. The van der Waals surface area contributed by atoms with Crippen molar-refractivity contribution in [2.24, 2.45) is 5.41 Å². The molecule has 5 nitrogen and oxygen atoms in total. The highest BCUT2D eigenvalue weighted by molar-refractivity contribution is 7.87. The Bertz CT molecular complexity index is 389. The van der Waals surface area contributed by atoms with Crippen LogP contribution >= 0.6 is 0 Å². The molecule has 18 heavy (non-hydrogen) atoms.